The van der Waals surface area contributed by atoms with Crippen molar-refractivity contribution < 1.29 is 18.6 Å². The first-order valence-corrected chi connectivity index (χ1v) is 6.78. The first kappa shape index (κ1) is 14.9. The van der Waals surface area contributed by atoms with Gasteiger partial charge in [0.1, 0.15) is 0 Å². The Hall–Kier alpha value is -0.130. The molecule has 0 aliphatic rings. The smallest absolute Gasteiger partial charge is 0.151 e. The highest BCUT2D eigenvalue weighted by Crippen LogP contribution is 2.22. The van der Waals surface area contributed by atoms with E-state index in [0.717, 1.165) is 0 Å². The fraction of sp³-hybridized carbons (Fsp3) is 1.00. The topological polar surface area (TPSA) is 74.6 Å². The van der Waals surface area contributed by atoms with E-state index in [0.29, 0.717) is 0 Å². The molecule has 0 aromatic rings. The maximum absolute atomic E-state index is 11.8. The van der Waals surface area contributed by atoms with Gasteiger partial charge in [-0.2, -0.15) is 0 Å². The van der Waals surface area contributed by atoms with Crippen LogP contribution in [0.5, 0.6) is 0 Å². The molecule has 2 N–H and O–H groups in total. The summed E-state index contributed by atoms with van der Waals surface area (Å²) in [7, 11) is -3.24. The van der Waals surface area contributed by atoms with Crippen molar-refractivity contribution in [3.8, 4) is 0 Å². The quantitative estimate of drug-likeness (QED) is 0.704. The standard InChI is InChI=1S/C10H22O4S/c1-9(2,5-11)7-15(13,14)8-10(3,4)6-12/h11-12H,5-8H2,1-4H3. The summed E-state index contributed by atoms with van der Waals surface area (Å²) in [6.07, 6.45) is 0. The monoisotopic (exact) mass is 238 g/mol. The third-order valence-corrected chi connectivity index (χ3v) is 4.52. The van der Waals surface area contributed by atoms with Crippen molar-refractivity contribution in [2.45, 2.75) is 27.7 Å². The number of sulfone groups is 1. The number of aliphatic hydroxyl groups excluding tert-OH is 2. The summed E-state index contributed by atoms with van der Waals surface area (Å²) in [6, 6.07) is 0. The molecule has 0 rings (SSSR count). The number of rotatable bonds is 6. The van der Waals surface area contributed by atoms with Gasteiger partial charge in [0.25, 0.3) is 0 Å². The number of aliphatic hydroxyl groups is 2. The Morgan fingerprint density at radius 3 is 1.33 bits per heavy atom. The van der Waals surface area contributed by atoms with Gasteiger partial charge in [0, 0.05) is 24.0 Å². The average molecular weight is 238 g/mol. The van der Waals surface area contributed by atoms with Crippen molar-refractivity contribution in [1.82, 2.24) is 0 Å². The Bertz CT molecular complexity index is 267. The lowest BCUT2D eigenvalue weighted by molar-refractivity contribution is 0.172. The van der Waals surface area contributed by atoms with Gasteiger partial charge in [-0.1, -0.05) is 27.7 Å². The molecule has 0 heterocycles. The molecule has 0 unspecified atom stereocenters. The fourth-order valence-corrected chi connectivity index (χ4v) is 4.00. The zero-order chi connectivity index (χ0) is 12.3. The Morgan fingerprint density at radius 2 is 1.13 bits per heavy atom. The van der Waals surface area contributed by atoms with Crippen molar-refractivity contribution in [3.63, 3.8) is 0 Å². The van der Waals surface area contributed by atoms with E-state index in [2.05, 4.69) is 0 Å². The lowest BCUT2D eigenvalue weighted by Gasteiger charge is -2.26. The molecule has 92 valence electrons. The first-order chi connectivity index (χ1) is 6.54. The van der Waals surface area contributed by atoms with Gasteiger partial charge in [-0.05, 0) is 0 Å². The van der Waals surface area contributed by atoms with Crippen molar-refractivity contribution in [2.24, 2.45) is 10.8 Å². The van der Waals surface area contributed by atoms with E-state index in [1.54, 1.807) is 27.7 Å². The normalized spacial score (nSPS) is 14.3. The minimum atomic E-state index is -3.24. The van der Waals surface area contributed by atoms with Crippen LogP contribution in [-0.4, -0.2) is 43.4 Å². The molecule has 0 fully saturated rings. The van der Waals surface area contributed by atoms with Gasteiger partial charge in [0.05, 0.1) is 11.5 Å². The molecule has 15 heavy (non-hydrogen) atoms. The second-order valence-corrected chi connectivity index (χ2v) is 7.74. The maximum Gasteiger partial charge on any atom is 0.151 e. The van der Waals surface area contributed by atoms with Crippen molar-refractivity contribution in [1.29, 1.82) is 0 Å². The van der Waals surface area contributed by atoms with Gasteiger partial charge in [-0.3, -0.25) is 0 Å². The average Bonchev–Trinajstić information content (AvgIpc) is 2.00. The van der Waals surface area contributed by atoms with E-state index in [1.807, 2.05) is 0 Å². The zero-order valence-electron chi connectivity index (χ0n) is 9.95. The molecule has 0 radical (unpaired) electrons. The van der Waals surface area contributed by atoms with E-state index >= 15 is 0 Å². The molecule has 0 aromatic carbocycles. The molecule has 0 amide bonds. The Kier molecular flexibility index (Phi) is 4.76. The van der Waals surface area contributed by atoms with Crippen LogP contribution in [0.1, 0.15) is 27.7 Å². The van der Waals surface area contributed by atoms with Crippen LogP contribution in [0.15, 0.2) is 0 Å². The third kappa shape index (κ3) is 6.12. The number of hydrogen-bond donors (Lipinski definition) is 2. The highest BCUT2D eigenvalue weighted by Gasteiger charge is 2.31. The molecule has 0 aliphatic carbocycles. The predicted molar refractivity (Wildman–Crippen MR) is 60.4 cm³/mol. The summed E-state index contributed by atoms with van der Waals surface area (Å²) in [4.78, 5) is 0. The van der Waals surface area contributed by atoms with Gasteiger partial charge in [-0.25, -0.2) is 8.42 Å². The second-order valence-electron chi connectivity index (χ2n) is 5.68. The lowest BCUT2D eigenvalue weighted by atomic mass is 9.98. The van der Waals surface area contributed by atoms with E-state index in [1.165, 1.54) is 0 Å². The molecule has 5 heteroatoms. The van der Waals surface area contributed by atoms with Gasteiger partial charge >= 0.3 is 0 Å². The van der Waals surface area contributed by atoms with Crippen LogP contribution in [0, 0.1) is 10.8 Å². The highest BCUT2D eigenvalue weighted by molar-refractivity contribution is 7.91. The van der Waals surface area contributed by atoms with Crippen molar-refractivity contribution in [2.75, 3.05) is 24.7 Å². The van der Waals surface area contributed by atoms with Crippen molar-refractivity contribution >= 4 is 9.84 Å². The second kappa shape index (κ2) is 4.80. The summed E-state index contributed by atoms with van der Waals surface area (Å²) in [5.41, 5.74) is -1.24. The minimum Gasteiger partial charge on any atom is -0.396 e. The van der Waals surface area contributed by atoms with Gasteiger partial charge in [0.15, 0.2) is 9.84 Å². The van der Waals surface area contributed by atoms with Crippen molar-refractivity contribution in [3.05, 3.63) is 0 Å². The molecular formula is C10H22O4S. The number of hydrogen-bond acceptors (Lipinski definition) is 4. The predicted octanol–water partition coefficient (Wildman–Crippen LogP) is 0.438. The maximum atomic E-state index is 11.8. The molecule has 0 bridgehead atoms. The molecule has 0 atom stereocenters. The lowest BCUT2D eigenvalue weighted by Crippen LogP contribution is -2.35. The molecule has 0 saturated carbocycles. The van der Waals surface area contributed by atoms with E-state index in [4.69, 9.17) is 10.2 Å². The van der Waals surface area contributed by atoms with Crippen LogP contribution >= 0.6 is 0 Å². The van der Waals surface area contributed by atoms with Crippen LogP contribution in [0.2, 0.25) is 0 Å². The highest BCUT2D eigenvalue weighted by atomic mass is 32.2. The largest absolute Gasteiger partial charge is 0.396 e. The van der Waals surface area contributed by atoms with Gasteiger partial charge < -0.3 is 10.2 Å². The van der Waals surface area contributed by atoms with Crippen LogP contribution in [0.4, 0.5) is 0 Å². The minimum absolute atomic E-state index is 0.0556. The summed E-state index contributed by atoms with van der Waals surface area (Å²) in [5, 5.41) is 18.0. The van der Waals surface area contributed by atoms with Gasteiger partial charge in [-0.15, -0.1) is 0 Å². The fourth-order valence-electron chi connectivity index (χ4n) is 1.33. The Balaban J connectivity index is 4.59. The van der Waals surface area contributed by atoms with Crippen LogP contribution in [0.25, 0.3) is 0 Å². The van der Waals surface area contributed by atoms with Crippen LogP contribution in [-0.2, 0) is 9.84 Å². The molecular weight excluding hydrogens is 216 g/mol. The summed E-state index contributed by atoms with van der Waals surface area (Å²) in [5.74, 6) is -0.111. The Labute approximate surface area is 92.2 Å². The molecule has 0 saturated heterocycles. The van der Waals surface area contributed by atoms with E-state index < -0.39 is 20.7 Å². The molecule has 0 aromatic heterocycles. The Morgan fingerprint density at radius 1 is 0.867 bits per heavy atom. The molecule has 0 aliphatic heterocycles. The van der Waals surface area contributed by atoms with E-state index in [9.17, 15) is 8.42 Å². The summed E-state index contributed by atoms with van der Waals surface area (Å²) >= 11 is 0. The van der Waals surface area contributed by atoms with Crippen LogP contribution < -0.4 is 0 Å². The van der Waals surface area contributed by atoms with Crippen LogP contribution in [0.3, 0.4) is 0 Å². The molecule has 0 spiro atoms. The third-order valence-electron chi connectivity index (χ3n) is 2.08. The summed E-state index contributed by atoms with van der Waals surface area (Å²) < 4.78 is 23.5. The molecule has 4 nitrogen and oxygen atoms in total. The summed E-state index contributed by atoms with van der Waals surface area (Å²) in [6.45, 7) is 6.50. The zero-order valence-corrected chi connectivity index (χ0v) is 10.8. The van der Waals surface area contributed by atoms with E-state index in [-0.39, 0.29) is 24.7 Å². The first-order valence-electron chi connectivity index (χ1n) is 4.96. The van der Waals surface area contributed by atoms with Gasteiger partial charge in [0.2, 0.25) is 0 Å². The SMILES string of the molecule is CC(C)(CO)CS(=O)(=O)CC(C)(C)CO.